The Balaban J connectivity index is 1.94. The van der Waals surface area contributed by atoms with Crippen LogP contribution in [0.4, 0.5) is 5.69 Å². The molecule has 3 nitrogen and oxygen atoms in total. The molecular weight excluding hydrogens is 474 g/mol. The van der Waals surface area contributed by atoms with Gasteiger partial charge in [-0.15, -0.1) is 23.2 Å². The molecule has 1 heterocycles. The minimum atomic E-state index is -1.94. The fraction of sp³-hybridized carbons (Fsp3) is 0.333. The molecular formula is C15H6Cl7NO2. The van der Waals surface area contributed by atoms with Crippen molar-refractivity contribution in [3.63, 3.8) is 0 Å². The van der Waals surface area contributed by atoms with Gasteiger partial charge in [-0.2, -0.15) is 0 Å². The van der Waals surface area contributed by atoms with Crippen LogP contribution in [0.25, 0.3) is 0 Å². The summed E-state index contributed by atoms with van der Waals surface area (Å²) in [4.78, 5) is 23.5. The second kappa shape index (κ2) is 5.35. The Morgan fingerprint density at radius 1 is 0.800 bits per heavy atom. The number of amides is 2. The Bertz CT molecular complexity index is 838. The molecule has 3 aliphatic rings. The minimum Gasteiger partial charge on any atom is -0.274 e. The van der Waals surface area contributed by atoms with Gasteiger partial charge in [0, 0.05) is 0 Å². The zero-order chi connectivity index (χ0) is 18.5. The summed E-state index contributed by atoms with van der Waals surface area (Å²) in [7, 11) is 0. The number of nitrogens with zero attached hydrogens (tertiary/aromatic N) is 1. The molecule has 132 valence electrons. The molecule has 4 rings (SSSR count). The van der Waals surface area contributed by atoms with E-state index in [-0.39, 0.29) is 20.8 Å². The molecule has 0 N–H and O–H groups in total. The number of fused-ring (bicyclic) bond motifs is 5. The van der Waals surface area contributed by atoms with E-state index in [0.29, 0.717) is 0 Å². The Labute approximate surface area is 177 Å². The number of anilines is 1. The van der Waals surface area contributed by atoms with E-state index in [2.05, 4.69) is 0 Å². The lowest BCUT2D eigenvalue weighted by Gasteiger charge is -2.34. The molecule has 4 atom stereocenters. The van der Waals surface area contributed by atoms with Crippen LogP contribution in [0.2, 0.25) is 5.02 Å². The number of rotatable bonds is 1. The standard InChI is InChI=1S/C15H6Cl7NO2/c16-5-3-1-2-4-6(5)23-11(24)7-8(12(23)25)14(20)10(18)9(17)13(7,19)15(14,21)22/h1-4,7-8H/t7-,8-,13-,14-/m1/s1. The molecule has 0 spiro atoms. The quantitative estimate of drug-likeness (QED) is 0.405. The summed E-state index contributed by atoms with van der Waals surface area (Å²) in [5.41, 5.74) is 0.218. The van der Waals surface area contributed by atoms with E-state index in [1.54, 1.807) is 18.2 Å². The van der Waals surface area contributed by atoms with Gasteiger partial charge < -0.3 is 0 Å². The number of carbonyl (C=O) groups is 2. The maximum atomic E-state index is 13.1. The summed E-state index contributed by atoms with van der Waals surface area (Å²) in [6.45, 7) is 0. The number of imide groups is 1. The van der Waals surface area contributed by atoms with E-state index in [1.165, 1.54) is 6.07 Å². The van der Waals surface area contributed by atoms with Gasteiger partial charge in [0.2, 0.25) is 11.8 Å². The third kappa shape index (κ3) is 1.80. The lowest BCUT2D eigenvalue weighted by atomic mass is 9.84. The smallest absolute Gasteiger partial charge is 0.240 e. The molecule has 2 fully saturated rings. The number of hydrogen-bond donors (Lipinski definition) is 0. The second-order valence-corrected chi connectivity index (χ2v) is 9.73. The van der Waals surface area contributed by atoms with Crippen LogP contribution in [0, 0.1) is 11.8 Å². The lowest BCUT2D eigenvalue weighted by molar-refractivity contribution is -0.123. The summed E-state index contributed by atoms with van der Waals surface area (Å²) in [5.74, 6) is -3.59. The van der Waals surface area contributed by atoms with Crippen molar-refractivity contribution < 1.29 is 9.59 Å². The first-order valence-electron chi connectivity index (χ1n) is 6.97. The van der Waals surface area contributed by atoms with Gasteiger partial charge in [-0.3, -0.25) is 9.59 Å². The van der Waals surface area contributed by atoms with Crippen molar-refractivity contribution in [2.45, 2.75) is 14.1 Å². The Hall–Kier alpha value is 0.130. The monoisotopic (exact) mass is 477 g/mol. The number of para-hydroxylation sites is 1. The first-order chi connectivity index (χ1) is 11.5. The molecule has 1 aromatic carbocycles. The number of halogens is 7. The molecule has 1 aliphatic heterocycles. The van der Waals surface area contributed by atoms with Gasteiger partial charge in [-0.05, 0) is 12.1 Å². The molecule has 2 aliphatic carbocycles. The van der Waals surface area contributed by atoms with Gasteiger partial charge in [0.1, 0.15) is 9.75 Å². The highest BCUT2D eigenvalue weighted by Crippen LogP contribution is 2.77. The van der Waals surface area contributed by atoms with Crippen LogP contribution in [0.5, 0.6) is 0 Å². The Morgan fingerprint density at radius 3 is 1.68 bits per heavy atom. The number of allylic oxidation sites excluding steroid dienone is 2. The number of alkyl halides is 4. The van der Waals surface area contributed by atoms with Crippen LogP contribution >= 0.6 is 81.2 Å². The number of benzene rings is 1. The van der Waals surface area contributed by atoms with Crippen molar-refractivity contribution in [2.24, 2.45) is 11.8 Å². The topological polar surface area (TPSA) is 37.4 Å². The van der Waals surface area contributed by atoms with Gasteiger partial charge in [0.05, 0.1) is 32.6 Å². The van der Waals surface area contributed by atoms with Crippen LogP contribution in [-0.2, 0) is 9.59 Å². The summed E-state index contributed by atoms with van der Waals surface area (Å²) >= 11 is 44.7. The normalized spacial score (nSPS) is 38.8. The molecule has 1 saturated carbocycles. The zero-order valence-electron chi connectivity index (χ0n) is 11.9. The van der Waals surface area contributed by atoms with Gasteiger partial charge in [0.25, 0.3) is 0 Å². The van der Waals surface area contributed by atoms with E-state index in [4.69, 9.17) is 81.2 Å². The van der Waals surface area contributed by atoms with Crippen molar-refractivity contribution in [1.82, 2.24) is 0 Å². The Morgan fingerprint density at radius 2 is 1.24 bits per heavy atom. The van der Waals surface area contributed by atoms with Gasteiger partial charge >= 0.3 is 0 Å². The summed E-state index contributed by atoms with van der Waals surface area (Å²) in [5, 5.41) is -0.0320. The van der Waals surface area contributed by atoms with Crippen molar-refractivity contribution in [3.05, 3.63) is 39.4 Å². The summed E-state index contributed by atoms with van der Waals surface area (Å²) in [6, 6.07) is 6.40. The van der Waals surface area contributed by atoms with Crippen LogP contribution in [0.3, 0.4) is 0 Å². The predicted molar refractivity (Wildman–Crippen MR) is 101 cm³/mol. The Kier molecular flexibility index (Phi) is 3.96. The SMILES string of the molecule is O=C1[C@H]2[C@H](C(=O)N1c1ccccc1Cl)[C@@]1(Cl)C(Cl)=C(Cl)[C@@]2(Cl)C1(Cl)Cl. The maximum absolute atomic E-state index is 13.1. The average molecular weight is 480 g/mol. The largest absolute Gasteiger partial charge is 0.274 e. The van der Waals surface area contributed by atoms with Crippen molar-refractivity contribution >= 4 is 98.7 Å². The third-order valence-corrected chi connectivity index (χ3v) is 9.58. The first kappa shape index (κ1) is 18.5. The second-order valence-electron chi connectivity index (χ2n) is 6.04. The molecule has 10 heteroatoms. The highest BCUT2D eigenvalue weighted by atomic mass is 35.5. The fourth-order valence-corrected chi connectivity index (χ4v) is 7.01. The fourth-order valence-electron chi connectivity index (χ4n) is 3.87. The minimum absolute atomic E-state index is 0.126. The number of carbonyl (C=O) groups excluding carboxylic acids is 2. The van der Waals surface area contributed by atoms with Gasteiger partial charge in [-0.25, -0.2) is 4.90 Å². The summed E-state index contributed by atoms with van der Waals surface area (Å²) in [6.07, 6.45) is 0. The van der Waals surface area contributed by atoms with Crippen molar-refractivity contribution in [1.29, 1.82) is 0 Å². The van der Waals surface area contributed by atoms with Crippen LogP contribution < -0.4 is 4.90 Å². The summed E-state index contributed by atoms with van der Waals surface area (Å²) < 4.78 is -1.94. The van der Waals surface area contributed by atoms with Crippen LogP contribution in [0.15, 0.2) is 34.3 Å². The van der Waals surface area contributed by atoms with E-state index < -0.39 is 37.7 Å². The van der Waals surface area contributed by atoms with Crippen LogP contribution in [0.1, 0.15) is 0 Å². The molecule has 25 heavy (non-hydrogen) atoms. The van der Waals surface area contributed by atoms with E-state index in [0.717, 1.165) is 4.90 Å². The average Bonchev–Trinajstić information content (AvgIpc) is 2.93. The molecule has 2 amide bonds. The zero-order valence-corrected chi connectivity index (χ0v) is 17.2. The molecule has 0 aromatic heterocycles. The van der Waals surface area contributed by atoms with E-state index >= 15 is 0 Å². The third-order valence-electron chi connectivity index (χ3n) is 5.00. The lowest BCUT2D eigenvalue weighted by Crippen LogP contribution is -2.50. The van der Waals surface area contributed by atoms with Gasteiger partial charge in [-0.1, -0.05) is 70.1 Å². The number of hydrogen-bond acceptors (Lipinski definition) is 2. The van der Waals surface area contributed by atoms with Crippen molar-refractivity contribution in [3.8, 4) is 0 Å². The molecule has 1 saturated heterocycles. The molecule has 2 bridgehead atoms. The van der Waals surface area contributed by atoms with E-state index in [9.17, 15) is 9.59 Å². The van der Waals surface area contributed by atoms with Crippen LogP contribution in [-0.4, -0.2) is 25.9 Å². The predicted octanol–water partition coefficient (Wildman–Crippen LogP) is 5.29. The molecule has 0 radical (unpaired) electrons. The highest BCUT2D eigenvalue weighted by Gasteiger charge is 2.87. The molecule has 1 aromatic rings. The maximum Gasteiger partial charge on any atom is 0.240 e. The van der Waals surface area contributed by atoms with E-state index in [1.807, 2.05) is 0 Å². The molecule has 0 unspecified atom stereocenters. The first-order valence-corrected chi connectivity index (χ1v) is 9.61. The van der Waals surface area contributed by atoms with Gasteiger partial charge in [0.15, 0.2) is 4.33 Å². The van der Waals surface area contributed by atoms with Crippen molar-refractivity contribution in [2.75, 3.05) is 4.90 Å². The highest BCUT2D eigenvalue weighted by molar-refractivity contribution is 6.67.